The molecule has 0 bridgehead atoms. The Bertz CT molecular complexity index is 790. The fourth-order valence-electron chi connectivity index (χ4n) is 3.40. The SMILES string of the molecule is CC[C@H]1C(=O)N(C)CCN1C(=O)c1cc(CN(C)Cc2ccccc2)on1. The third-order valence-corrected chi connectivity index (χ3v) is 4.86. The maximum Gasteiger partial charge on any atom is 0.276 e. The minimum absolute atomic E-state index is 0.0246. The summed E-state index contributed by atoms with van der Waals surface area (Å²) in [6, 6.07) is 11.4. The molecule has 0 saturated carbocycles. The van der Waals surface area contributed by atoms with Gasteiger partial charge in [0.05, 0.1) is 6.54 Å². The molecule has 2 amide bonds. The lowest BCUT2D eigenvalue weighted by Crippen LogP contribution is -2.57. The van der Waals surface area contributed by atoms with E-state index in [0.29, 0.717) is 31.8 Å². The Balaban J connectivity index is 1.64. The summed E-state index contributed by atoms with van der Waals surface area (Å²) in [4.78, 5) is 30.5. The van der Waals surface area contributed by atoms with E-state index in [0.717, 1.165) is 6.54 Å². The molecule has 0 aliphatic carbocycles. The largest absolute Gasteiger partial charge is 0.359 e. The molecule has 3 rings (SSSR count). The van der Waals surface area contributed by atoms with Crippen LogP contribution in [0.3, 0.4) is 0 Å². The lowest BCUT2D eigenvalue weighted by molar-refractivity contribution is -0.138. The summed E-state index contributed by atoms with van der Waals surface area (Å²) in [6.07, 6.45) is 0.583. The van der Waals surface area contributed by atoms with E-state index < -0.39 is 6.04 Å². The minimum atomic E-state index is -0.433. The van der Waals surface area contributed by atoms with Crippen LogP contribution >= 0.6 is 0 Å². The average molecular weight is 370 g/mol. The zero-order valence-electron chi connectivity index (χ0n) is 16.1. The van der Waals surface area contributed by atoms with Crippen molar-refractivity contribution in [1.29, 1.82) is 0 Å². The molecule has 0 radical (unpaired) electrons. The van der Waals surface area contributed by atoms with Crippen LogP contribution in [0.4, 0.5) is 0 Å². The number of rotatable bonds is 6. The highest BCUT2D eigenvalue weighted by molar-refractivity contribution is 5.96. The molecule has 1 fully saturated rings. The van der Waals surface area contributed by atoms with E-state index in [4.69, 9.17) is 4.52 Å². The monoisotopic (exact) mass is 370 g/mol. The summed E-state index contributed by atoms with van der Waals surface area (Å²) in [5.41, 5.74) is 1.46. The van der Waals surface area contributed by atoms with Crippen molar-refractivity contribution in [2.24, 2.45) is 0 Å². The lowest BCUT2D eigenvalue weighted by atomic mass is 10.1. The number of aromatic nitrogens is 1. The van der Waals surface area contributed by atoms with Crippen molar-refractivity contribution in [3.8, 4) is 0 Å². The molecule has 1 aromatic carbocycles. The van der Waals surface area contributed by atoms with Gasteiger partial charge in [0.1, 0.15) is 6.04 Å². The smallest absolute Gasteiger partial charge is 0.276 e. The fourth-order valence-corrected chi connectivity index (χ4v) is 3.40. The van der Waals surface area contributed by atoms with Gasteiger partial charge in [-0.25, -0.2) is 0 Å². The molecular weight excluding hydrogens is 344 g/mol. The van der Waals surface area contributed by atoms with E-state index in [2.05, 4.69) is 22.2 Å². The number of benzene rings is 1. The second-order valence-electron chi connectivity index (χ2n) is 7.02. The summed E-state index contributed by atoms with van der Waals surface area (Å²) in [5, 5.41) is 3.95. The Morgan fingerprint density at radius 1 is 1.26 bits per heavy atom. The van der Waals surface area contributed by atoms with Gasteiger partial charge in [-0.05, 0) is 19.0 Å². The first-order chi connectivity index (χ1) is 13.0. The molecule has 27 heavy (non-hydrogen) atoms. The third-order valence-electron chi connectivity index (χ3n) is 4.86. The van der Waals surface area contributed by atoms with Crippen LogP contribution in [0, 0.1) is 0 Å². The second kappa shape index (κ2) is 8.35. The van der Waals surface area contributed by atoms with Crippen molar-refractivity contribution in [2.45, 2.75) is 32.5 Å². The predicted octanol–water partition coefficient (Wildman–Crippen LogP) is 2.00. The number of hydrogen-bond donors (Lipinski definition) is 0. The van der Waals surface area contributed by atoms with Crippen molar-refractivity contribution in [3.63, 3.8) is 0 Å². The first-order valence-electron chi connectivity index (χ1n) is 9.23. The number of hydrogen-bond acceptors (Lipinski definition) is 5. The third kappa shape index (κ3) is 4.36. The molecule has 2 heterocycles. The van der Waals surface area contributed by atoms with Crippen molar-refractivity contribution >= 4 is 11.8 Å². The maximum atomic E-state index is 12.8. The van der Waals surface area contributed by atoms with Gasteiger partial charge in [-0.2, -0.15) is 0 Å². The molecule has 0 spiro atoms. The molecule has 0 unspecified atom stereocenters. The van der Waals surface area contributed by atoms with E-state index >= 15 is 0 Å². The highest BCUT2D eigenvalue weighted by atomic mass is 16.5. The standard InChI is InChI=1S/C20H26N4O3/c1-4-18-20(26)23(3)10-11-24(18)19(25)17-12-16(27-21-17)14-22(2)13-15-8-6-5-7-9-15/h5-9,12,18H,4,10-11,13-14H2,1-3H3/t18-/m0/s1. The van der Waals surface area contributed by atoms with Gasteiger partial charge in [0.2, 0.25) is 5.91 Å². The Hall–Kier alpha value is -2.67. The zero-order chi connectivity index (χ0) is 19.4. The van der Waals surface area contributed by atoms with Crippen LogP contribution in [0.25, 0.3) is 0 Å². The van der Waals surface area contributed by atoms with Crippen molar-refractivity contribution in [1.82, 2.24) is 19.9 Å². The first kappa shape index (κ1) is 19.1. The van der Waals surface area contributed by atoms with E-state index in [1.807, 2.05) is 32.2 Å². The Kier molecular flexibility index (Phi) is 5.91. The minimum Gasteiger partial charge on any atom is -0.359 e. The highest BCUT2D eigenvalue weighted by Gasteiger charge is 2.36. The molecule has 7 nitrogen and oxygen atoms in total. The fraction of sp³-hybridized carbons (Fsp3) is 0.450. The van der Waals surface area contributed by atoms with Gasteiger partial charge in [-0.1, -0.05) is 42.4 Å². The summed E-state index contributed by atoms with van der Waals surface area (Å²) in [5.74, 6) is 0.359. The number of carbonyl (C=O) groups is 2. The Morgan fingerprint density at radius 3 is 2.70 bits per heavy atom. The number of likely N-dealkylation sites (N-methyl/N-ethyl adjacent to an activating group) is 1. The molecule has 1 saturated heterocycles. The first-order valence-corrected chi connectivity index (χ1v) is 9.23. The summed E-state index contributed by atoms with van der Waals surface area (Å²) in [7, 11) is 3.76. The van der Waals surface area contributed by atoms with Crippen LogP contribution in [-0.2, 0) is 17.9 Å². The van der Waals surface area contributed by atoms with Gasteiger partial charge in [0.15, 0.2) is 11.5 Å². The maximum absolute atomic E-state index is 12.8. The normalized spacial score (nSPS) is 17.6. The lowest BCUT2D eigenvalue weighted by Gasteiger charge is -2.38. The van der Waals surface area contributed by atoms with Crippen molar-refractivity contribution in [2.75, 3.05) is 27.2 Å². The van der Waals surface area contributed by atoms with Gasteiger partial charge in [0, 0.05) is 32.7 Å². The number of piperazine rings is 1. The molecule has 1 aliphatic rings. The molecule has 2 aromatic rings. The van der Waals surface area contributed by atoms with E-state index in [1.165, 1.54) is 5.56 Å². The van der Waals surface area contributed by atoms with Crippen molar-refractivity contribution < 1.29 is 14.1 Å². The van der Waals surface area contributed by atoms with Crippen LogP contribution in [-0.4, -0.2) is 64.9 Å². The van der Waals surface area contributed by atoms with Crippen LogP contribution in [0.15, 0.2) is 40.9 Å². The summed E-state index contributed by atoms with van der Waals surface area (Å²) < 4.78 is 5.37. The zero-order valence-corrected chi connectivity index (χ0v) is 16.1. The predicted molar refractivity (Wildman–Crippen MR) is 101 cm³/mol. The van der Waals surface area contributed by atoms with Crippen molar-refractivity contribution in [3.05, 3.63) is 53.4 Å². The van der Waals surface area contributed by atoms with Gasteiger partial charge in [-0.3, -0.25) is 14.5 Å². The van der Waals surface area contributed by atoms with Gasteiger partial charge >= 0.3 is 0 Å². The highest BCUT2D eigenvalue weighted by Crippen LogP contribution is 2.18. The van der Waals surface area contributed by atoms with Crippen LogP contribution < -0.4 is 0 Å². The van der Waals surface area contributed by atoms with Crippen LogP contribution in [0.2, 0.25) is 0 Å². The molecule has 144 valence electrons. The summed E-state index contributed by atoms with van der Waals surface area (Å²) >= 11 is 0. The summed E-state index contributed by atoms with van der Waals surface area (Å²) in [6.45, 7) is 4.28. The van der Waals surface area contributed by atoms with Gasteiger partial charge in [0.25, 0.3) is 5.91 Å². The van der Waals surface area contributed by atoms with E-state index in [9.17, 15) is 9.59 Å². The molecule has 0 N–H and O–H groups in total. The van der Waals surface area contributed by atoms with Crippen LogP contribution in [0.5, 0.6) is 0 Å². The van der Waals surface area contributed by atoms with E-state index in [1.54, 1.807) is 22.9 Å². The molecule has 1 aliphatic heterocycles. The molecule has 1 atom stereocenters. The molecular formula is C20H26N4O3. The van der Waals surface area contributed by atoms with Crippen LogP contribution in [0.1, 0.15) is 35.2 Å². The quantitative estimate of drug-likeness (QED) is 0.778. The second-order valence-corrected chi connectivity index (χ2v) is 7.02. The van der Waals surface area contributed by atoms with Gasteiger partial charge in [-0.15, -0.1) is 0 Å². The van der Waals surface area contributed by atoms with Gasteiger partial charge < -0.3 is 14.3 Å². The number of nitrogens with zero attached hydrogens (tertiary/aromatic N) is 4. The molecule has 7 heteroatoms. The van der Waals surface area contributed by atoms with E-state index in [-0.39, 0.29) is 17.5 Å². The number of amides is 2. The Morgan fingerprint density at radius 2 is 2.00 bits per heavy atom. The number of carbonyl (C=O) groups excluding carboxylic acids is 2. The Labute approximate surface area is 159 Å². The molecule has 1 aromatic heterocycles. The topological polar surface area (TPSA) is 69.9 Å². The average Bonchev–Trinajstić information content (AvgIpc) is 3.12.